The second-order valence-corrected chi connectivity index (χ2v) is 5.72. The van der Waals surface area contributed by atoms with E-state index in [9.17, 15) is 4.79 Å². The smallest absolute Gasteiger partial charge is 0.256 e. The fourth-order valence-corrected chi connectivity index (χ4v) is 3.25. The Morgan fingerprint density at radius 2 is 1.58 bits per heavy atom. The second-order valence-electron chi connectivity index (χ2n) is 4.48. The molecular formula is C12H11Cl2N3OS. The number of aromatic nitrogens is 3. The van der Waals surface area contributed by atoms with E-state index in [0.717, 1.165) is 19.4 Å². The zero-order valence-electron chi connectivity index (χ0n) is 9.97. The number of hydrogen-bond acceptors (Lipinski definition) is 2. The van der Waals surface area contributed by atoms with Gasteiger partial charge >= 0.3 is 5.69 Å². The fraction of sp³-hybridized carbons (Fsp3) is 0.333. The molecule has 0 N–H and O–H groups in total. The molecule has 0 saturated heterocycles. The molecule has 0 atom stereocenters. The van der Waals surface area contributed by atoms with Crippen LogP contribution in [-0.4, -0.2) is 13.9 Å². The number of nitrogens with zero attached hydrogens (tertiary/aromatic N) is 3. The molecule has 3 rings (SSSR count). The molecule has 1 aliphatic heterocycles. The van der Waals surface area contributed by atoms with Crippen molar-refractivity contribution in [3.05, 3.63) is 43.5 Å². The lowest BCUT2D eigenvalue weighted by atomic mass is 10.3. The molecule has 4 nitrogen and oxygen atoms in total. The zero-order valence-corrected chi connectivity index (χ0v) is 12.3. The molecule has 2 heterocycles. The van der Waals surface area contributed by atoms with Crippen LogP contribution >= 0.6 is 35.4 Å². The third-order valence-corrected chi connectivity index (χ3v) is 4.04. The predicted molar refractivity (Wildman–Crippen MR) is 78.1 cm³/mol. The molecule has 0 bridgehead atoms. The minimum atomic E-state index is -0.136. The van der Waals surface area contributed by atoms with E-state index in [4.69, 9.17) is 35.4 Å². The largest absolute Gasteiger partial charge is 0.349 e. The van der Waals surface area contributed by atoms with Crippen LogP contribution in [0, 0.1) is 4.77 Å². The molecule has 1 aliphatic rings. The monoisotopic (exact) mass is 315 g/mol. The van der Waals surface area contributed by atoms with Gasteiger partial charge in [0, 0.05) is 23.1 Å². The average Bonchev–Trinajstić information content (AvgIpc) is 2.61. The molecule has 0 radical (unpaired) electrons. The summed E-state index contributed by atoms with van der Waals surface area (Å²) in [5, 5.41) is 0.968. The first-order valence-corrected chi connectivity index (χ1v) is 7.13. The van der Waals surface area contributed by atoms with Gasteiger partial charge in [0.25, 0.3) is 0 Å². The molecule has 0 spiro atoms. The lowest BCUT2D eigenvalue weighted by Crippen LogP contribution is -2.29. The van der Waals surface area contributed by atoms with Crippen LogP contribution in [0.5, 0.6) is 0 Å². The van der Waals surface area contributed by atoms with Crippen molar-refractivity contribution in [2.75, 3.05) is 0 Å². The summed E-state index contributed by atoms with van der Waals surface area (Å²) in [5.41, 5.74) is 0.477. The van der Waals surface area contributed by atoms with Gasteiger partial charge < -0.3 is 0 Å². The molecule has 0 fully saturated rings. The van der Waals surface area contributed by atoms with E-state index in [0.29, 0.717) is 27.0 Å². The van der Waals surface area contributed by atoms with Crippen LogP contribution in [0.25, 0.3) is 5.69 Å². The van der Waals surface area contributed by atoms with E-state index in [-0.39, 0.29) is 5.69 Å². The van der Waals surface area contributed by atoms with Gasteiger partial charge in [-0.25, -0.2) is 14.0 Å². The molecule has 1 aromatic carbocycles. The van der Waals surface area contributed by atoms with Crippen molar-refractivity contribution in [3.63, 3.8) is 0 Å². The van der Waals surface area contributed by atoms with Crippen molar-refractivity contribution < 1.29 is 0 Å². The lowest BCUT2D eigenvalue weighted by Gasteiger charge is -2.14. The van der Waals surface area contributed by atoms with Crippen LogP contribution in [0.3, 0.4) is 0 Å². The quantitative estimate of drug-likeness (QED) is 0.756. The maximum atomic E-state index is 12.4. The number of fused-ring (bicyclic) bond motifs is 1. The van der Waals surface area contributed by atoms with Gasteiger partial charge in [-0.15, -0.1) is 0 Å². The average molecular weight is 316 g/mol. The van der Waals surface area contributed by atoms with Crippen LogP contribution in [0.2, 0.25) is 10.0 Å². The summed E-state index contributed by atoms with van der Waals surface area (Å²) >= 11 is 17.4. The first kappa shape index (κ1) is 13.0. The maximum absolute atomic E-state index is 12.4. The highest BCUT2D eigenvalue weighted by molar-refractivity contribution is 7.71. The van der Waals surface area contributed by atoms with Crippen molar-refractivity contribution in [1.29, 1.82) is 0 Å². The van der Waals surface area contributed by atoms with Gasteiger partial charge in [-0.05, 0) is 43.3 Å². The minimum absolute atomic E-state index is 0.136. The number of rotatable bonds is 1. The van der Waals surface area contributed by atoms with Crippen LogP contribution in [0.4, 0.5) is 0 Å². The molecule has 7 heteroatoms. The Hall–Kier alpha value is -1.04. The Bertz CT molecular complexity index is 702. The molecule has 19 heavy (non-hydrogen) atoms. The third kappa shape index (κ3) is 2.16. The summed E-state index contributed by atoms with van der Waals surface area (Å²) in [6, 6.07) is 5.01. The van der Waals surface area contributed by atoms with Gasteiger partial charge in [0.2, 0.25) is 4.77 Å². The number of halogens is 2. The molecule has 0 amide bonds. The highest BCUT2D eigenvalue weighted by atomic mass is 35.5. The van der Waals surface area contributed by atoms with E-state index in [1.54, 1.807) is 22.9 Å². The summed E-state index contributed by atoms with van der Waals surface area (Å²) in [6.07, 6.45) is 2.03. The van der Waals surface area contributed by atoms with Crippen molar-refractivity contribution in [2.24, 2.45) is 0 Å². The summed E-state index contributed by atoms with van der Waals surface area (Å²) in [7, 11) is 0. The minimum Gasteiger partial charge on any atom is -0.256 e. The van der Waals surface area contributed by atoms with Crippen LogP contribution < -0.4 is 5.69 Å². The molecular weight excluding hydrogens is 305 g/mol. The Kier molecular flexibility index (Phi) is 3.28. The highest BCUT2D eigenvalue weighted by Gasteiger charge is 2.17. The van der Waals surface area contributed by atoms with E-state index in [1.807, 2.05) is 4.68 Å². The Morgan fingerprint density at radius 3 is 2.16 bits per heavy atom. The Balaban J connectivity index is 2.29. The van der Waals surface area contributed by atoms with Gasteiger partial charge in [0.1, 0.15) is 0 Å². The summed E-state index contributed by atoms with van der Waals surface area (Å²) in [4.78, 5) is 12.4. The molecule has 2 aromatic rings. The molecule has 0 aliphatic carbocycles. The van der Waals surface area contributed by atoms with E-state index < -0.39 is 0 Å². The van der Waals surface area contributed by atoms with Gasteiger partial charge in [-0.2, -0.15) is 0 Å². The predicted octanol–water partition coefficient (Wildman–Crippen LogP) is 3.27. The van der Waals surface area contributed by atoms with Gasteiger partial charge in [-0.3, -0.25) is 4.68 Å². The first-order chi connectivity index (χ1) is 9.08. The van der Waals surface area contributed by atoms with E-state index in [2.05, 4.69) is 0 Å². The number of benzene rings is 1. The van der Waals surface area contributed by atoms with Gasteiger partial charge in [0.15, 0.2) is 0 Å². The van der Waals surface area contributed by atoms with Crippen molar-refractivity contribution >= 4 is 35.4 Å². The lowest BCUT2D eigenvalue weighted by molar-refractivity contribution is 0.352. The standard InChI is InChI=1S/C12H11Cl2N3OS/c13-8-5-9(14)7-10(6-8)17-11(18)15-3-1-2-4-16(15)12(17)19/h5-7H,1-4H2. The Morgan fingerprint density at radius 1 is 1.00 bits per heavy atom. The van der Waals surface area contributed by atoms with Gasteiger partial charge in [-0.1, -0.05) is 23.2 Å². The summed E-state index contributed by atoms with van der Waals surface area (Å²) < 4.78 is 5.50. The van der Waals surface area contributed by atoms with E-state index in [1.165, 1.54) is 4.57 Å². The fourth-order valence-electron chi connectivity index (χ4n) is 2.36. The molecule has 0 unspecified atom stereocenters. The topological polar surface area (TPSA) is 31.9 Å². The number of hydrogen-bond donors (Lipinski definition) is 0. The maximum Gasteiger partial charge on any atom is 0.349 e. The second kappa shape index (κ2) is 4.81. The van der Waals surface area contributed by atoms with Gasteiger partial charge in [0.05, 0.1) is 5.69 Å². The molecule has 0 saturated carbocycles. The molecule has 100 valence electrons. The SMILES string of the molecule is O=c1n(-c2cc(Cl)cc(Cl)c2)c(=S)n2n1CCCC2. The normalized spacial score (nSPS) is 14.4. The van der Waals surface area contributed by atoms with Crippen molar-refractivity contribution in [2.45, 2.75) is 25.9 Å². The first-order valence-electron chi connectivity index (χ1n) is 5.97. The zero-order chi connectivity index (χ0) is 13.6. The van der Waals surface area contributed by atoms with Crippen LogP contribution in [0.15, 0.2) is 23.0 Å². The Labute approximate surface area is 124 Å². The molecule has 1 aromatic heterocycles. The third-order valence-electron chi connectivity index (χ3n) is 3.21. The van der Waals surface area contributed by atoms with Crippen molar-refractivity contribution in [3.8, 4) is 5.69 Å². The highest BCUT2D eigenvalue weighted by Crippen LogP contribution is 2.21. The summed E-state index contributed by atoms with van der Waals surface area (Å²) in [6.45, 7) is 1.47. The van der Waals surface area contributed by atoms with E-state index >= 15 is 0 Å². The van der Waals surface area contributed by atoms with Crippen LogP contribution in [-0.2, 0) is 13.1 Å². The summed E-state index contributed by atoms with van der Waals surface area (Å²) in [5.74, 6) is 0. The van der Waals surface area contributed by atoms with Crippen molar-refractivity contribution in [1.82, 2.24) is 13.9 Å². The van der Waals surface area contributed by atoms with Crippen LogP contribution in [0.1, 0.15) is 12.8 Å².